The maximum atomic E-state index is 5.79. The molecule has 1 aromatic heterocycles. The third-order valence-electron chi connectivity index (χ3n) is 3.37. The van der Waals surface area contributed by atoms with Crippen LogP contribution in [0.1, 0.15) is 11.3 Å². The topological polar surface area (TPSA) is 44.2 Å². The molecule has 1 aliphatic heterocycles. The highest BCUT2D eigenvalue weighted by Crippen LogP contribution is 2.29. The molecule has 19 heavy (non-hydrogen) atoms. The van der Waals surface area contributed by atoms with Crippen molar-refractivity contribution in [2.24, 2.45) is 5.92 Å². The van der Waals surface area contributed by atoms with E-state index in [4.69, 9.17) is 9.47 Å². The molecule has 0 saturated carbocycles. The molecule has 4 heteroatoms. The number of rotatable bonds is 3. The smallest absolute Gasteiger partial charge is 0.235 e. The first-order valence-electron chi connectivity index (χ1n) is 6.41. The SMILES string of the molecule is COc1nccnc1C[C@H]1COc2ccccc2C1. The third kappa shape index (κ3) is 2.52. The number of hydrogen-bond acceptors (Lipinski definition) is 4. The van der Waals surface area contributed by atoms with Gasteiger partial charge in [-0.2, -0.15) is 0 Å². The Morgan fingerprint density at radius 2 is 2.11 bits per heavy atom. The molecule has 98 valence electrons. The van der Waals surface area contributed by atoms with Gasteiger partial charge >= 0.3 is 0 Å². The molecule has 4 nitrogen and oxygen atoms in total. The van der Waals surface area contributed by atoms with Gasteiger partial charge in [0.1, 0.15) is 11.4 Å². The minimum Gasteiger partial charge on any atom is -0.493 e. The van der Waals surface area contributed by atoms with E-state index < -0.39 is 0 Å². The lowest BCUT2D eigenvalue weighted by atomic mass is 9.93. The molecule has 0 N–H and O–H groups in total. The van der Waals surface area contributed by atoms with E-state index in [0.29, 0.717) is 11.8 Å². The summed E-state index contributed by atoms with van der Waals surface area (Å²) >= 11 is 0. The second-order valence-electron chi connectivity index (χ2n) is 4.71. The van der Waals surface area contributed by atoms with Crippen LogP contribution in [0.15, 0.2) is 36.7 Å². The van der Waals surface area contributed by atoms with Crippen molar-refractivity contribution in [1.82, 2.24) is 9.97 Å². The minimum atomic E-state index is 0.417. The largest absolute Gasteiger partial charge is 0.493 e. The van der Waals surface area contributed by atoms with Crippen molar-refractivity contribution in [2.45, 2.75) is 12.8 Å². The second-order valence-corrected chi connectivity index (χ2v) is 4.71. The average molecular weight is 256 g/mol. The maximum absolute atomic E-state index is 5.79. The number of aromatic nitrogens is 2. The quantitative estimate of drug-likeness (QED) is 0.845. The summed E-state index contributed by atoms with van der Waals surface area (Å²) in [5.74, 6) is 2.03. The van der Waals surface area contributed by atoms with E-state index in [1.54, 1.807) is 19.5 Å². The highest BCUT2D eigenvalue weighted by Gasteiger charge is 2.21. The number of methoxy groups -OCH3 is 1. The fourth-order valence-electron chi connectivity index (χ4n) is 2.46. The Bertz CT molecular complexity index is 572. The van der Waals surface area contributed by atoms with E-state index in [1.165, 1.54) is 5.56 Å². The van der Waals surface area contributed by atoms with Crippen LogP contribution in [0.2, 0.25) is 0 Å². The Morgan fingerprint density at radius 3 is 3.00 bits per heavy atom. The molecular weight excluding hydrogens is 240 g/mol. The lowest BCUT2D eigenvalue weighted by Crippen LogP contribution is -2.23. The van der Waals surface area contributed by atoms with E-state index in [1.807, 2.05) is 18.2 Å². The lowest BCUT2D eigenvalue weighted by molar-refractivity contribution is 0.219. The zero-order valence-electron chi connectivity index (χ0n) is 10.9. The molecule has 2 heterocycles. The predicted molar refractivity (Wildman–Crippen MR) is 71.4 cm³/mol. The van der Waals surface area contributed by atoms with Crippen LogP contribution in [0.3, 0.4) is 0 Å². The fourth-order valence-corrected chi connectivity index (χ4v) is 2.46. The Balaban J connectivity index is 1.75. The molecule has 0 amide bonds. The van der Waals surface area contributed by atoms with Gasteiger partial charge in [-0.25, -0.2) is 4.98 Å². The summed E-state index contributed by atoms with van der Waals surface area (Å²) in [6, 6.07) is 8.20. The van der Waals surface area contributed by atoms with Crippen LogP contribution >= 0.6 is 0 Å². The van der Waals surface area contributed by atoms with Gasteiger partial charge < -0.3 is 9.47 Å². The van der Waals surface area contributed by atoms with Crippen molar-refractivity contribution in [3.05, 3.63) is 47.9 Å². The molecule has 0 radical (unpaired) electrons. The van der Waals surface area contributed by atoms with Crippen LogP contribution in [0.4, 0.5) is 0 Å². The van der Waals surface area contributed by atoms with Gasteiger partial charge in [-0.1, -0.05) is 18.2 Å². The van der Waals surface area contributed by atoms with Gasteiger partial charge in [-0.05, 0) is 18.1 Å². The van der Waals surface area contributed by atoms with Gasteiger partial charge in [0, 0.05) is 24.7 Å². The van der Waals surface area contributed by atoms with E-state index >= 15 is 0 Å². The van der Waals surface area contributed by atoms with Crippen molar-refractivity contribution < 1.29 is 9.47 Å². The summed E-state index contributed by atoms with van der Waals surface area (Å²) < 4.78 is 11.0. The van der Waals surface area contributed by atoms with Gasteiger partial charge in [0.05, 0.1) is 13.7 Å². The summed E-state index contributed by atoms with van der Waals surface area (Å²) in [6.45, 7) is 0.719. The first-order chi connectivity index (χ1) is 9.36. The van der Waals surface area contributed by atoms with Gasteiger partial charge in [0.25, 0.3) is 0 Å². The highest BCUT2D eigenvalue weighted by atomic mass is 16.5. The molecule has 0 bridgehead atoms. The first kappa shape index (κ1) is 12.0. The summed E-state index contributed by atoms with van der Waals surface area (Å²) in [5, 5.41) is 0. The molecule has 0 unspecified atom stereocenters. The van der Waals surface area contributed by atoms with Crippen molar-refractivity contribution in [1.29, 1.82) is 0 Å². The second kappa shape index (κ2) is 5.26. The summed E-state index contributed by atoms with van der Waals surface area (Å²) in [7, 11) is 1.63. The number of fused-ring (bicyclic) bond motifs is 1. The number of ether oxygens (including phenoxy) is 2. The van der Waals surface area contributed by atoms with Crippen LogP contribution in [0.5, 0.6) is 11.6 Å². The zero-order valence-corrected chi connectivity index (χ0v) is 10.9. The number of para-hydroxylation sites is 1. The third-order valence-corrected chi connectivity index (χ3v) is 3.37. The van der Waals surface area contributed by atoms with Crippen LogP contribution < -0.4 is 9.47 Å². The van der Waals surface area contributed by atoms with Gasteiger partial charge in [-0.3, -0.25) is 4.98 Å². The monoisotopic (exact) mass is 256 g/mol. The van der Waals surface area contributed by atoms with E-state index in [2.05, 4.69) is 16.0 Å². The minimum absolute atomic E-state index is 0.417. The van der Waals surface area contributed by atoms with Crippen molar-refractivity contribution in [2.75, 3.05) is 13.7 Å². The average Bonchev–Trinajstić information content (AvgIpc) is 2.48. The van der Waals surface area contributed by atoms with Crippen molar-refractivity contribution in [3.63, 3.8) is 0 Å². The molecule has 1 atom stereocenters. The van der Waals surface area contributed by atoms with Crippen LogP contribution in [0, 0.1) is 5.92 Å². The van der Waals surface area contributed by atoms with Crippen LogP contribution in [-0.2, 0) is 12.8 Å². The predicted octanol–water partition coefficient (Wildman–Crippen LogP) is 2.28. The van der Waals surface area contributed by atoms with Crippen LogP contribution in [-0.4, -0.2) is 23.7 Å². The zero-order chi connectivity index (χ0) is 13.1. The normalized spacial score (nSPS) is 17.4. The number of hydrogen-bond donors (Lipinski definition) is 0. The number of nitrogens with zero attached hydrogens (tertiary/aromatic N) is 2. The van der Waals surface area contributed by atoms with E-state index in [-0.39, 0.29) is 0 Å². The van der Waals surface area contributed by atoms with E-state index in [0.717, 1.165) is 30.9 Å². The van der Waals surface area contributed by atoms with Crippen LogP contribution in [0.25, 0.3) is 0 Å². The fraction of sp³-hybridized carbons (Fsp3) is 0.333. The Morgan fingerprint density at radius 1 is 1.26 bits per heavy atom. The molecule has 0 saturated heterocycles. The molecule has 1 aliphatic rings. The van der Waals surface area contributed by atoms with Gasteiger partial charge in [0.15, 0.2) is 0 Å². The van der Waals surface area contributed by atoms with Gasteiger partial charge in [0.2, 0.25) is 5.88 Å². The Kier molecular flexibility index (Phi) is 3.31. The molecule has 1 aromatic carbocycles. The molecule has 0 spiro atoms. The summed E-state index contributed by atoms with van der Waals surface area (Å²) in [5.41, 5.74) is 2.17. The Hall–Kier alpha value is -2.10. The molecule has 3 rings (SSSR count). The number of benzene rings is 1. The molecule has 2 aromatic rings. The highest BCUT2D eigenvalue weighted by molar-refractivity contribution is 5.35. The Labute approximate surface area is 112 Å². The van der Waals surface area contributed by atoms with E-state index in [9.17, 15) is 0 Å². The molecule has 0 aliphatic carbocycles. The maximum Gasteiger partial charge on any atom is 0.235 e. The standard InChI is InChI=1S/C15H16N2O2/c1-18-15-13(16-6-7-17-15)9-11-8-12-4-2-3-5-14(12)19-10-11/h2-7,11H,8-10H2,1H3/t11-/m0/s1. The van der Waals surface area contributed by atoms with Gasteiger partial charge in [-0.15, -0.1) is 0 Å². The van der Waals surface area contributed by atoms with Crippen molar-refractivity contribution in [3.8, 4) is 11.6 Å². The van der Waals surface area contributed by atoms with Crippen molar-refractivity contribution >= 4 is 0 Å². The summed E-state index contributed by atoms with van der Waals surface area (Å²) in [6.07, 6.45) is 5.19. The molecular formula is C15H16N2O2. The first-order valence-corrected chi connectivity index (χ1v) is 6.41. The molecule has 0 fully saturated rings. The summed E-state index contributed by atoms with van der Waals surface area (Å²) in [4.78, 5) is 8.54. The lowest BCUT2D eigenvalue weighted by Gasteiger charge is -2.25.